The van der Waals surface area contributed by atoms with Crippen LogP contribution in [0.25, 0.3) is 0 Å². The molecule has 0 amide bonds. The van der Waals surface area contributed by atoms with Crippen LogP contribution in [0.3, 0.4) is 0 Å². The molecule has 1 unspecified atom stereocenters. The standard InChI is InChI=1S/C15H30N2O/c1-13(2)10-15(11-16,14(3,4)18-13)17(5)9-12-7-6-8-12/h12H,6-11,16H2,1-5H3. The fourth-order valence-electron chi connectivity index (χ4n) is 4.04. The minimum atomic E-state index is -0.177. The highest BCUT2D eigenvalue weighted by atomic mass is 16.5. The Hall–Kier alpha value is -0.120. The lowest BCUT2D eigenvalue weighted by Gasteiger charge is -2.48. The molecular formula is C15H30N2O. The summed E-state index contributed by atoms with van der Waals surface area (Å²) in [6.45, 7) is 10.6. The Morgan fingerprint density at radius 3 is 2.17 bits per heavy atom. The second-order valence-corrected chi connectivity index (χ2v) is 7.46. The van der Waals surface area contributed by atoms with Gasteiger partial charge in [0.25, 0.3) is 0 Å². The highest BCUT2D eigenvalue weighted by Gasteiger charge is 2.58. The quantitative estimate of drug-likeness (QED) is 0.837. The van der Waals surface area contributed by atoms with Crippen LogP contribution >= 0.6 is 0 Å². The van der Waals surface area contributed by atoms with Crippen molar-refractivity contribution in [3.8, 4) is 0 Å². The molecule has 2 aliphatic rings. The number of hydrogen-bond donors (Lipinski definition) is 1. The molecule has 0 aromatic heterocycles. The topological polar surface area (TPSA) is 38.5 Å². The predicted octanol–water partition coefficient (Wildman–Crippen LogP) is 2.39. The molecule has 2 N–H and O–H groups in total. The second-order valence-electron chi connectivity index (χ2n) is 7.46. The van der Waals surface area contributed by atoms with E-state index in [9.17, 15) is 0 Å². The van der Waals surface area contributed by atoms with Crippen molar-refractivity contribution < 1.29 is 4.74 Å². The third-order valence-electron chi connectivity index (χ3n) is 5.20. The first kappa shape index (κ1) is 14.3. The minimum absolute atomic E-state index is 0.0217. The molecule has 106 valence electrons. The van der Waals surface area contributed by atoms with Crippen molar-refractivity contribution in [1.29, 1.82) is 0 Å². The molecule has 1 heterocycles. The van der Waals surface area contributed by atoms with Gasteiger partial charge in [0.1, 0.15) is 0 Å². The number of likely N-dealkylation sites (N-methyl/N-ethyl adjacent to an activating group) is 1. The molecule has 0 aromatic carbocycles. The molecule has 1 saturated heterocycles. The minimum Gasteiger partial charge on any atom is -0.368 e. The number of ether oxygens (including phenoxy) is 1. The molecule has 0 bridgehead atoms. The first-order valence-corrected chi connectivity index (χ1v) is 7.34. The largest absolute Gasteiger partial charge is 0.368 e. The predicted molar refractivity (Wildman–Crippen MR) is 75.6 cm³/mol. The van der Waals surface area contributed by atoms with Crippen LogP contribution in [0, 0.1) is 5.92 Å². The lowest BCUT2D eigenvalue weighted by Crippen LogP contribution is -2.63. The summed E-state index contributed by atoms with van der Waals surface area (Å²) in [7, 11) is 2.23. The summed E-state index contributed by atoms with van der Waals surface area (Å²) in [5.41, 5.74) is 5.91. The summed E-state index contributed by atoms with van der Waals surface area (Å²) >= 11 is 0. The molecule has 1 aliphatic carbocycles. The van der Waals surface area contributed by atoms with Crippen LogP contribution in [0.15, 0.2) is 0 Å². The lowest BCUT2D eigenvalue weighted by atomic mass is 9.76. The van der Waals surface area contributed by atoms with Crippen LogP contribution in [-0.4, -0.2) is 41.8 Å². The van der Waals surface area contributed by atoms with Crippen LogP contribution in [0.1, 0.15) is 53.4 Å². The zero-order chi connectivity index (χ0) is 13.6. The van der Waals surface area contributed by atoms with Gasteiger partial charge < -0.3 is 10.5 Å². The van der Waals surface area contributed by atoms with Crippen molar-refractivity contribution in [2.45, 2.75) is 70.1 Å². The van der Waals surface area contributed by atoms with Crippen LogP contribution in [-0.2, 0) is 4.74 Å². The molecule has 3 nitrogen and oxygen atoms in total. The molecular weight excluding hydrogens is 224 g/mol. The van der Waals surface area contributed by atoms with Gasteiger partial charge >= 0.3 is 0 Å². The monoisotopic (exact) mass is 254 g/mol. The number of nitrogens with two attached hydrogens (primary N) is 1. The maximum atomic E-state index is 6.28. The van der Waals surface area contributed by atoms with E-state index in [0.29, 0.717) is 6.54 Å². The Balaban J connectivity index is 2.17. The summed E-state index contributed by atoms with van der Waals surface area (Å²) < 4.78 is 6.28. The van der Waals surface area contributed by atoms with Crippen molar-refractivity contribution in [2.75, 3.05) is 20.1 Å². The third kappa shape index (κ3) is 2.21. The zero-order valence-electron chi connectivity index (χ0n) is 12.8. The van der Waals surface area contributed by atoms with Gasteiger partial charge in [0.2, 0.25) is 0 Å². The van der Waals surface area contributed by atoms with Crippen molar-refractivity contribution in [1.82, 2.24) is 4.90 Å². The molecule has 1 saturated carbocycles. The van der Waals surface area contributed by atoms with E-state index in [1.54, 1.807) is 0 Å². The number of hydrogen-bond acceptors (Lipinski definition) is 3. The lowest BCUT2D eigenvalue weighted by molar-refractivity contribution is -0.103. The summed E-state index contributed by atoms with van der Waals surface area (Å²) in [6, 6.07) is 0. The van der Waals surface area contributed by atoms with E-state index in [-0.39, 0.29) is 16.7 Å². The Kier molecular flexibility index (Phi) is 3.54. The molecule has 1 aliphatic heterocycles. The maximum Gasteiger partial charge on any atom is 0.0829 e. The summed E-state index contributed by atoms with van der Waals surface area (Å²) in [5, 5.41) is 0. The van der Waals surface area contributed by atoms with Gasteiger partial charge in [0.05, 0.1) is 16.7 Å². The molecule has 18 heavy (non-hydrogen) atoms. The Morgan fingerprint density at radius 1 is 1.22 bits per heavy atom. The molecule has 0 aromatic rings. The normalized spacial score (nSPS) is 34.8. The van der Waals surface area contributed by atoms with Crippen LogP contribution in [0.5, 0.6) is 0 Å². The van der Waals surface area contributed by atoms with Crippen LogP contribution in [0.2, 0.25) is 0 Å². The molecule has 0 radical (unpaired) electrons. The van der Waals surface area contributed by atoms with Crippen LogP contribution in [0.4, 0.5) is 0 Å². The number of nitrogens with zero attached hydrogens (tertiary/aromatic N) is 1. The first-order chi connectivity index (χ1) is 8.22. The van der Waals surface area contributed by atoms with Crippen molar-refractivity contribution in [2.24, 2.45) is 11.7 Å². The fraction of sp³-hybridized carbons (Fsp3) is 1.00. The molecule has 0 spiro atoms. The van der Waals surface area contributed by atoms with Gasteiger partial charge in [-0.3, -0.25) is 4.90 Å². The van der Waals surface area contributed by atoms with E-state index < -0.39 is 0 Å². The van der Waals surface area contributed by atoms with E-state index in [2.05, 4.69) is 39.6 Å². The summed E-state index contributed by atoms with van der Waals surface area (Å²) in [6.07, 6.45) is 5.19. The van der Waals surface area contributed by atoms with E-state index in [4.69, 9.17) is 10.5 Å². The van der Waals surface area contributed by atoms with E-state index >= 15 is 0 Å². The Bertz CT molecular complexity index is 310. The van der Waals surface area contributed by atoms with Gasteiger partial charge in [0.15, 0.2) is 0 Å². The summed E-state index contributed by atoms with van der Waals surface area (Å²) in [4.78, 5) is 2.49. The van der Waals surface area contributed by atoms with Gasteiger partial charge in [-0.15, -0.1) is 0 Å². The third-order valence-corrected chi connectivity index (χ3v) is 5.20. The fourth-order valence-corrected chi connectivity index (χ4v) is 4.04. The van der Waals surface area contributed by atoms with E-state index in [0.717, 1.165) is 12.3 Å². The van der Waals surface area contributed by atoms with E-state index in [1.807, 2.05) is 0 Å². The van der Waals surface area contributed by atoms with Crippen LogP contribution < -0.4 is 5.73 Å². The van der Waals surface area contributed by atoms with Gasteiger partial charge in [0, 0.05) is 13.1 Å². The smallest absolute Gasteiger partial charge is 0.0829 e. The Labute approximate surface area is 112 Å². The highest BCUT2D eigenvalue weighted by Crippen LogP contribution is 2.48. The Morgan fingerprint density at radius 2 is 1.83 bits per heavy atom. The number of rotatable bonds is 4. The van der Waals surface area contributed by atoms with Gasteiger partial charge in [-0.25, -0.2) is 0 Å². The van der Waals surface area contributed by atoms with Crippen molar-refractivity contribution in [3.05, 3.63) is 0 Å². The molecule has 2 rings (SSSR count). The van der Waals surface area contributed by atoms with E-state index in [1.165, 1.54) is 25.8 Å². The van der Waals surface area contributed by atoms with Crippen molar-refractivity contribution in [3.63, 3.8) is 0 Å². The van der Waals surface area contributed by atoms with Crippen molar-refractivity contribution >= 4 is 0 Å². The zero-order valence-corrected chi connectivity index (χ0v) is 12.8. The maximum absolute atomic E-state index is 6.28. The average Bonchev–Trinajstić information content (AvgIpc) is 2.37. The first-order valence-electron chi connectivity index (χ1n) is 7.34. The second kappa shape index (κ2) is 4.46. The van der Waals surface area contributed by atoms with Gasteiger partial charge in [-0.05, 0) is 59.9 Å². The van der Waals surface area contributed by atoms with Gasteiger partial charge in [-0.1, -0.05) is 6.42 Å². The molecule has 1 atom stereocenters. The molecule has 2 fully saturated rings. The van der Waals surface area contributed by atoms with Gasteiger partial charge in [-0.2, -0.15) is 0 Å². The molecule has 3 heteroatoms. The average molecular weight is 254 g/mol. The SMILES string of the molecule is CN(CC1CCC1)C1(CN)CC(C)(C)OC1(C)C. The summed E-state index contributed by atoms with van der Waals surface area (Å²) in [5.74, 6) is 0.873. The highest BCUT2D eigenvalue weighted by molar-refractivity contribution is 5.12.